The molecule has 23 heavy (non-hydrogen) atoms. The van der Waals surface area contributed by atoms with Crippen LogP contribution in [0.4, 0.5) is 4.79 Å². The van der Waals surface area contributed by atoms with Crippen molar-refractivity contribution in [2.45, 2.75) is 53.5 Å². The minimum absolute atomic E-state index is 0.0848. The van der Waals surface area contributed by atoms with Crippen LogP contribution >= 0.6 is 0 Å². The van der Waals surface area contributed by atoms with Gasteiger partial charge in [0.2, 0.25) is 0 Å². The van der Waals surface area contributed by atoms with Crippen molar-refractivity contribution in [3.63, 3.8) is 0 Å². The summed E-state index contributed by atoms with van der Waals surface area (Å²) in [6, 6.07) is 7.16. The number of ether oxygens (including phenoxy) is 2. The van der Waals surface area contributed by atoms with Gasteiger partial charge in [0.25, 0.3) is 0 Å². The number of nitrogens with one attached hydrogen (secondary N) is 2. The smallest absolute Gasteiger partial charge is 0.317 e. The lowest BCUT2D eigenvalue weighted by molar-refractivity contribution is 0.197. The monoisotopic (exact) mass is 322 g/mol. The number of carbonyl (C=O) groups is 1. The molecule has 0 spiro atoms. The Morgan fingerprint density at radius 1 is 1.04 bits per heavy atom. The molecule has 5 nitrogen and oxygen atoms in total. The average molecular weight is 322 g/mol. The molecule has 0 saturated heterocycles. The highest BCUT2D eigenvalue weighted by atomic mass is 16.5. The predicted molar refractivity (Wildman–Crippen MR) is 92.9 cm³/mol. The summed E-state index contributed by atoms with van der Waals surface area (Å²) < 4.78 is 11.1. The number of hydrogen-bond donors (Lipinski definition) is 2. The maximum atomic E-state index is 12.0. The molecule has 1 aromatic carbocycles. The Balaban J connectivity index is 2.45. The molecule has 5 heteroatoms. The summed E-state index contributed by atoms with van der Waals surface area (Å²) in [5.41, 5.74) is -0.144. The van der Waals surface area contributed by atoms with Crippen molar-refractivity contribution in [1.82, 2.24) is 10.6 Å². The van der Waals surface area contributed by atoms with Crippen LogP contribution in [-0.2, 0) is 0 Å². The van der Waals surface area contributed by atoms with Crippen LogP contribution in [0, 0.1) is 5.41 Å². The molecule has 0 aromatic heterocycles. The Morgan fingerprint density at radius 3 is 2.13 bits per heavy atom. The molecule has 0 fully saturated rings. The molecule has 2 N–H and O–H groups in total. The number of benzene rings is 1. The third-order valence-electron chi connectivity index (χ3n) is 3.03. The fourth-order valence-corrected chi connectivity index (χ4v) is 2.75. The molecular weight excluding hydrogens is 292 g/mol. The SMILES string of the molecule is CCOc1ccccc1OCNC(=O)NC(C)(C)CC(C)(C)C. The number of carbonyl (C=O) groups excluding carboxylic acids is 1. The molecule has 0 aliphatic rings. The first-order valence-electron chi connectivity index (χ1n) is 8.03. The van der Waals surface area contributed by atoms with E-state index in [1.54, 1.807) is 0 Å². The van der Waals surface area contributed by atoms with Gasteiger partial charge in [0.05, 0.1) is 6.61 Å². The Morgan fingerprint density at radius 2 is 1.61 bits per heavy atom. The molecular formula is C18H30N2O3. The number of urea groups is 1. The van der Waals surface area contributed by atoms with Crippen LogP contribution in [0.1, 0.15) is 48.0 Å². The van der Waals surface area contributed by atoms with Gasteiger partial charge in [-0.05, 0) is 44.7 Å². The van der Waals surface area contributed by atoms with Crippen molar-refractivity contribution in [3.8, 4) is 11.5 Å². The summed E-state index contributed by atoms with van der Waals surface area (Å²) in [7, 11) is 0. The fourth-order valence-electron chi connectivity index (χ4n) is 2.75. The van der Waals surface area contributed by atoms with Gasteiger partial charge in [-0.2, -0.15) is 0 Å². The Labute approximate surface area is 139 Å². The lowest BCUT2D eigenvalue weighted by Crippen LogP contribution is -2.50. The standard InChI is InChI=1S/C18H30N2O3/c1-7-22-14-10-8-9-11-15(14)23-13-19-16(21)20-18(5,6)12-17(2,3)4/h8-11H,7,12-13H2,1-6H3,(H2,19,20,21). The Kier molecular flexibility index (Phi) is 6.73. The fraction of sp³-hybridized carbons (Fsp3) is 0.611. The summed E-state index contributed by atoms with van der Waals surface area (Å²) >= 11 is 0. The van der Waals surface area contributed by atoms with E-state index < -0.39 is 0 Å². The van der Waals surface area contributed by atoms with Gasteiger partial charge in [0, 0.05) is 5.54 Å². The van der Waals surface area contributed by atoms with Crippen molar-refractivity contribution in [2.75, 3.05) is 13.3 Å². The van der Waals surface area contributed by atoms with Crippen LogP contribution in [0.25, 0.3) is 0 Å². The zero-order chi connectivity index (χ0) is 17.5. The predicted octanol–water partition coefficient (Wildman–Crippen LogP) is 3.94. The zero-order valence-electron chi connectivity index (χ0n) is 15.2. The third-order valence-corrected chi connectivity index (χ3v) is 3.03. The van der Waals surface area contributed by atoms with Gasteiger partial charge in [-0.1, -0.05) is 32.9 Å². The first-order chi connectivity index (χ1) is 10.6. The number of para-hydroxylation sites is 2. The van der Waals surface area contributed by atoms with E-state index >= 15 is 0 Å². The van der Waals surface area contributed by atoms with Gasteiger partial charge in [0.15, 0.2) is 18.2 Å². The van der Waals surface area contributed by atoms with Gasteiger partial charge in [0.1, 0.15) is 0 Å². The van der Waals surface area contributed by atoms with E-state index in [0.717, 1.165) is 6.42 Å². The molecule has 0 unspecified atom stereocenters. The van der Waals surface area contributed by atoms with Gasteiger partial charge < -0.3 is 20.1 Å². The van der Waals surface area contributed by atoms with Crippen molar-refractivity contribution < 1.29 is 14.3 Å². The molecule has 0 radical (unpaired) electrons. The van der Waals surface area contributed by atoms with Crippen LogP contribution in [-0.4, -0.2) is 24.9 Å². The molecule has 0 aliphatic carbocycles. The lowest BCUT2D eigenvalue weighted by Gasteiger charge is -2.33. The summed E-state index contributed by atoms with van der Waals surface area (Å²) in [4.78, 5) is 12.0. The molecule has 1 aromatic rings. The summed E-state index contributed by atoms with van der Waals surface area (Å²) in [6.45, 7) is 13.1. The molecule has 2 amide bonds. The van der Waals surface area contributed by atoms with E-state index in [4.69, 9.17) is 9.47 Å². The molecule has 0 bridgehead atoms. The summed E-state index contributed by atoms with van der Waals surface area (Å²) in [6.07, 6.45) is 0.876. The highest BCUT2D eigenvalue weighted by Gasteiger charge is 2.26. The maximum Gasteiger partial charge on any atom is 0.317 e. The van der Waals surface area contributed by atoms with Crippen LogP contribution in [0.2, 0.25) is 0 Å². The normalized spacial score (nSPS) is 11.7. The van der Waals surface area contributed by atoms with Crippen LogP contribution in [0.5, 0.6) is 11.5 Å². The summed E-state index contributed by atoms with van der Waals surface area (Å²) in [5, 5.41) is 5.69. The second kappa shape index (κ2) is 8.09. The van der Waals surface area contributed by atoms with Gasteiger partial charge in [-0.15, -0.1) is 0 Å². The molecule has 0 atom stereocenters. The van der Waals surface area contributed by atoms with Crippen molar-refractivity contribution >= 4 is 6.03 Å². The minimum Gasteiger partial charge on any atom is -0.490 e. The first kappa shape index (κ1) is 19.1. The second-order valence-corrected chi connectivity index (χ2v) is 7.42. The van der Waals surface area contributed by atoms with E-state index in [9.17, 15) is 4.79 Å². The van der Waals surface area contributed by atoms with Crippen LogP contribution < -0.4 is 20.1 Å². The highest BCUT2D eigenvalue weighted by molar-refractivity contribution is 5.74. The Hall–Kier alpha value is -1.91. The molecule has 0 aliphatic heterocycles. The summed E-state index contributed by atoms with van der Waals surface area (Å²) in [5.74, 6) is 1.29. The van der Waals surface area contributed by atoms with E-state index in [1.807, 2.05) is 45.0 Å². The van der Waals surface area contributed by atoms with Crippen LogP contribution in [0.3, 0.4) is 0 Å². The van der Waals surface area contributed by atoms with Gasteiger partial charge in [-0.25, -0.2) is 4.79 Å². The van der Waals surface area contributed by atoms with Crippen molar-refractivity contribution in [3.05, 3.63) is 24.3 Å². The number of hydrogen-bond acceptors (Lipinski definition) is 3. The van der Waals surface area contributed by atoms with Gasteiger partial charge in [-0.3, -0.25) is 0 Å². The van der Waals surface area contributed by atoms with Gasteiger partial charge >= 0.3 is 6.03 Å². The van der Waals surface area contributed by atoms with E-state index in [-0.39, 0.29) is 23.7 Å². The lowest BCUT2D eigenvalue weighted by atomic mass is 9.82. The second-order valence-electron chi connectivity index (χ2n) is 7.42. The van der Waals surface area contributed by atoms with Crippen LogP contribution in [0.15, 0.2) is 24.3 Å². The molecule has 1 rings (SSSR count). The molecule has 0 heterocycles. The largest absolute Gasteiger partial charge is 0.490 e. The topological polar surface area (TPSA) is 59.6 Å². The van der Waals surface area contributed by atoms with E-state index in [1.165, 1.54) is 0 Å². The Bertz CT molecular complexity index is 507. The highest BCUT2D eigenvalue weighted by Crippen LogP contribution is 2.27. The van der Waals surface area contributed by atoms with Crippen molar-refractivity contribution in [2.24, 2.45) is 5.41 Å². The maximum absolute atomic E-state index is 12.0. The van der Waals surface area contributed by atoms with E-state index in [2.05, 4.69) is 31.4 Å². The first-order valence-corrected chi connectivity index (χ1v) is 8.03. The minimum atomic E-state index is -0.286. The molecule has 130 valence electrons. The molecule has 0 saturated carbocycles. The average Bonchev–Trinajstić information content (AvgIpc) is 2.37. The van der Waals surface area contributed by atoms with Crippen molar-refractivity contribution in [1.29, 1.82) is 0 Å². The zero-order valence-corrected chi connectivity index (χ0v) is 15.2. The number of amides is 2. The third kappa shape index (κ3) is 7.77. The quantitative estimate of drug-likeness (QED) is 0.748. The number of rotatable bonds is 7. The van der Waals surface area contributed by atoms with E-state index in [0.29, 0.717) is 18.1 Å².